The fraction of sp³-hybridized carbons (Fsp3) is 0.231. The van der Waals surface area contributed by atoms with Crippen LogP contribution in [0.1, 0.15) is 5.69 Å². The Hall–Kier alpha value is -2.70. The van der Waals surface area contributed by atoms with Crippen LogP contribution in [0.5, 0.6) is 11.5 Å². The number of aromatic nitrogens is 1. The Labute approximate surface area is 115 Å². The van der Waals surface area contributed by atoms with E-state index in [2.05, 4.69) is 15.8 Å². The van der Waals surface area contributed by atoms with Gasteiger partial charge in [-0.1, -0.05) is 5.16 Å². The molecule has 0 aliphatic heterocycles. The molecule has 0 atom stereocenters. The zero-order chi connectivity index (χ0) is 14.5. The lowest BCUT2D eigenvalue weighted by atomic mass is 10.2. The summed E-state index contributed by atoms with van der Waals surface area (Å²) in [6, 6.07) is 6.24. The molecule has 106 valence electrons. The van der Waals surface area contributed by atoms with Crippen molar-refractivity contribution >= 4 is 17.6 Å². The summed E-state index contributed by atoms with van der Waals surface area (Å²) in [5, 5.41) is 8.85. The van der Waals surface area contributed by atoms with Crippen LogP contribution >= 0.6 is 0 Å². The third-order valence-corrected chi connectivity index (χ3v) is 2.52. The molecule has 0 bridgehead atoms. The van der Waals surface area contributed by atoms with E-state index in [0.717, 1.165) is 0 Å². The first-order valence-electron chi connectivity index (χ1n) is 5.85. The maximum absolute atomic E-state index is 11.8. The van der Waals surface area contributed by atoms with Crippen molar-refractivity contribution in [2.45, 2.75) is 6.92 Å². The van der Waals surface area contributed by atoms with Crippen molar-refractivity contribution in [3.8, 4) is 11.5 Å². The predicted molar refractivity (Wildman–Crippen MR) is 73.4 cm³/mol. The highest BCUT2D eigenvalue weighted by molar-refractivity contribution is 5.99. The molecule has 1 aromatic carbocycles. The number of hydrogen-bond acceptors (Lipinski definition) is 5. The minimum Gasteiger partial charge on any atom is -0.497 e. The summed E-state index contributed by atoms with van der Waals surface area (Å²) >= 11 is 0. The lowest BCUT2D eigenvalue weighted by Gasteiger charge is -2.11. The van der Waals surface area contributed by atoms with Gasteiger partial charge >= 0.3 is 6.03 Å². The number of nitrogens with one attached hydrogen (secondary N) is 2. The summed E-state index contributed by atoms with van der Waals surface area (Å²) in [7, 11) is 3.07. The maximum atomic E-state index is 11.8. The number of methoxy groups -OCH3 is 2. The third kappa shape index (κ3) is 3.19. The van der Waals surface area contributed by atoms with Crippen molar-refractivity contribution < 1.29 is 18.8 Å². The van der Waals surface area contributed by atoms with E-state index in [-0.39, 0.29) is 5.88 Å². The number of aryl methyl sites for hydroxylation is 1. The number of anilines is 2. The molecule has 0 spiro atoms. The van der Waals surface area contributed by atoms with E-state index in [1.807, 2.05) is 0 Å². The van der Waals surface area contributed by atoms with Gasteiger partial charge in [-0.25, -0.2) is 4.79 Å². The lowest BCUT2D eigenvalue weighted by molar-refractivity contribution is 0.261. The molecule has 0 aliphatic carbocycles. The number of carbonyl (C=O) groups excluding carboxylic acids is 1. The predicted octanol–water partition coefficient (Wildman–Crippen LogP) is 2.64. The molecule has 1 aromatic heterocycles. The third-order valence-electron chi connectivity index (χ3n) is 2.52. The minimum absolute atomic E-state index is 0.271. The second kappa shape index (κ2) is 5.96. The van der Waals surface area contributed by atoms with E-state index in [4.69, 9.17) is 14.0 Å². The Kier molecular flexibility index (Phi) is 4.09. The van der Waals surface area contributed by atoms with Gasteiger partial charge in [0.05, 0.1) is 25.6 Å². The molecule has 0 saturated heterocycles. The van der Waals surface area contributed by atoms with Crippen molar-refractivity contribution in [3.63, 3.8) is 0 Å². The largest absolute Gasteiger partial charge is 0.497 e. The van der Waals surface area contributed by atoms with Gasteiger partial charge in [-0.2, -0.15) is 0 Å². The topological polar surface area (TPSA) is 85.6 Å². The smallest absolute Gasteiger partial charge is 0.326 e. The maximum Gasteiger partial charge on any atom is 0.326 e. The van der Waals surface area contributed by atoms with E-state index in [1.54, 1.807) is 38.3 Å². The minimum atomic E-state index is -0.454. The number of nitrogens with zero attached hydrogens (tertiary/aromatic N) is 1. The van der Waals surface area contributed by atoms with E-state index >= 15 is 0 Å². The van der Waals surface area contributed by atoms with Gasteiger partial charge in [0.15, 0.2) is 0 Å². The highest BCUT2D eigenvalue weighted by Crippen LogP contribution is 2.29. The number of ether oxygens (including phenoxy) is 2. The first kappa shape index (κ1) is 13.7. The Morgan fingerprint density at radius 3 is 2.60 bits per heavy atom. The molecule has 0 unspecified atom stereocenters. The quantitative estimate of drug-likeness (QED) is 0.897. The van der Waals surface area contributed by atoms with Crippen molar-refractivity contribution in [1.29, 1.82) is 0 Å². The number of carbonyl (C=O) groups is 1. The Morgan fingerprint density at radius 2 is 2.00 bits per heavy atom. The molecule has 2 amide bonds. The summed E-state index contributed by atoms with van der Waals surface area (Å²) in [4.78, 5) is 11.8. The molecule has 0 radical (unpaired) electrons. The van der Waals surface area contributed by atoms with Crippen LogP contribution in [0.4, 0.5) is 16.4 Å². The average Bonchev–Trinajstić information content (AvgIpc) is 2.84. The van der Waals surface area contributed by atoms with Crippen molar-refractivity contribution in [2.75, 3.05) is 24.9 Å². The SMILES string of the molecule is COc1ccc(NC(=O)Nc2cc(C)no2)c(OC)c1. The number of hydrogen-bond donors (Lipinski definition) is 2. The van der Waals surface area contributed by atoms with Crippen molar-refractivity contribution in [3.05, 3.63) is 30.0 Å². The molecule has 2 N–H and O–H groups in total. The number of amides is 2. The summed E-state index contributed by atoms with van der Waals surface area (Å²) < 4.78 is 15.2. The van der Waals surface area contributed by atoms with Crippen molar-refractivity contribution in [2.24, 2.45) is 0 Å². The first-order valence-corrected chi connectivity index (χ1v) is 5.85. The first-order chi connectivity index (χ1) is 9.62. The second-order valence-electron chi connectivity index (χ2n) is 3.98. The van der Waals surface area contributed by atoms with Gasteiger partial charge < -0.3 is 19.3 Å². The zero-order valence-electron chi connectivity index (χ0n) is 11.4. The molecule has 2 rings (SSSR count). The van der Waals surface area contributed by atoms with Crippen LogP contribution in [0, 0.1) is 6.92 Å². The van der Waals surface area contributed by atoms with E-state index in [9.17, 15) is 4.79 Å². The normalized spacial score (nSPS) is 9.95. The molecule has 20 heavy (non-hydrogen) atoms. The van der Waals surface area contributed by atoms with Crippen LogP contribution in [0.15, 0.2) is 28.8 Å². The van der Waals surface area contributed by atoms with Gasteiger partial charge in [-0.05, 0) is 19.1 Å². The van der Waals surface area contributed by atoms with Crippen LogP contribution in [0.3, 0.4) is 0 Å². The molecular formula is C13H15N3O4. The Balaban J connectivity index is 2.07. The van der Waals surface area contributed by atoms with Crippen molar-refractivity contribution in [1.82, 2.24) is 5.16 Å². The van der Waals surface area contributed by atoms with Gasteiger partial charge in [0, 0.05) is 12.1 Å². The molecular weight excluding hydrogens is 262 g/mol. The highest BCUT2D eigenvalue weighted by atomic mass is 16.5. The molecule has 7 nitrogen and oxygen atoms in total. The molecule has 0 saturated carbocycles. The van der Waals surface area contributed by atoms with Gasteiger partial charge in [0.25, 0.3) is 0 Å². The molecule has 1 heterocycles. The summed E-state index contributed by atoms with van der Waals surface area (Å²) in [6.07, 6.45) is 0. The summed E-state index contributed by atoms with van der Waals surface area (Å²) in [5.74, 6) is 1.40. The van der Waals surface area contributed by atoms with Gasteiger partial charge in [0.2, 0.25) is 5.88 Å². The van der Waals surface area contributed by atoms with Crippen LogP contribution in [0.25, 0.3) is 0 Å². The summed E-state index contributed by atoms with van der Waals surface area (Å²) in [5.41, 5.74) is 1.20. The number of urea groups is 1. The Bertz CT molecular complexity index is 609. The number of rotatable bonds is 4. The fourth-order valence-corrected chi connectivity index (χ4v) is 1.59. The van der Waals surface area contributed by atoms with Gasteiger partial charge in [-0.15, -0.1) is 0 Å². The second-order valence-corrected chi connectivity index (χ2v) is 3.98. The monoisotopic (exact) mass is 277 g/mol. The van der Waals surface area contributed by atoms with Crippen LogP contribution in [-0.2, 0) is 0 Å². The molecule has 0 aliphatic rings. The summed E-state index contributed by atoms with van der Waals surface area (Å²) in [6.45, 7) is 1.76. The fourth-order valence-electron chi connectivity index (χ4n) is 1.59. The van der Waals surface area contributed by atoms with E-state index < -0.39 is 6.03 Å². The van der Waals surface area contributed by atoms with Gasteiger partial charge in [-0.3, -0.25) is 5.32 Å². The average molecular weight is 277 g/mol. The lowest BCUT2D eigenvalue weighted by Crippen LogP contribution is -2.19. The van der Waals surface area contributed by atoms with Gasteiger partial charge in [0.1, 0.15) is 11.5 Å². The molecule has 7 heteroatoms. The number of benzene rings is 1. The molecule has 0 fully saturated rings. The van der Waals surface area contributed by atoms with Crippen LogP contribution < -0.4 is 20.1 Å². The van der Waals surface area contributed by atoms with E-state index in [1.165, 1.54) is 7.11 Å². The van der Waals surface area contributed by atoms with E-state index in [0.29, 0.717) is 22.9 Å². The van der Waals surface area contributed by atoms with Crippen LogP contribution in [0.2, 0.25) is 0 Å². The Morgan fingerprint density at radius 1 is 1.20 bits per heavy atom. The molecule has 2 aromatic rings. The highest BCUT2D eigenvalue weighted by Gasteiger charge is 2.10. The standard InChI is InChI=1S/C13H15N3O4/c1-8-6-12(20-16-8)15-13(17)14-10-5-4-9(18-2)7-11(10)19-3/h4-7H,1-3H3,(H2,14,15,17). The zero-order valence-corrected chi connectivity index (χ0v) is 11.4. The van der Waals surface area contributed by atoms with Crippen LogP contribution in [-0.4, -0.2) is 25.4 Å².